The van der Waals surface area contributed by atoms with Gasteiger partial charge in [-0.3, -0.25) is 0 Å². The van der Waals surface area contributed by atoms with Gasteiger partial charge in [-0.05, 0) is 25.3 Å². The number of ether oxygens (including phenoxy) is 1. The molecule has 0 atom stereocenters. The molecular weight excluding hydrogens is 222 g/mol. The maximum Gasteiger partial charge on any atom is 0.374 e. The molecule has 2 rings (SSSR count). The third-order valence-corrected chi connectivity index (χ3v) is 3.38. The number of aliphatic hydroxyl groups is 1. The number of esters is 1. The molecule has 1 aromatic heterocycles. The van der Waals surface area contributed by atoms with Crippen molar-refractivity contribution in [3.05, 3.63) is 23.7 Å². The van der Waals surface area contributed by atoms with Crippen molar-refractivity contribution in [3.8, 4) is 0 Å². The molecule has 0 radical (unpaired) electrons. The van der Waals surface area contributed by atoms with Gasteiger partial charge in [0.1, 0.15) is 0 Å². The third kappa shape index (κ3) is 2.35. The van der Waals surface area contributed by atoms with E-state index in [1.807, 2.05) is 0 Å². The maximum atomic E-state index is 11.4. The molecule has 0 aromatic carbocycles. The fourth-order valence-corrected chi connectivity index (χ4v) is 2.02. The molecule has 94 valence electrons. The SMILES string of the molecule is COC(=O)c1occc1CNC1(CO)CCC1. The molecule has 0 amide bonds. The van der Waals surface area contributed by atoms with Crippen LogP contribution in [-0.4, -0.2) is 30.3 Å². The summed E-state index contributed by atoms with van der Waals surface area (Å²) in [7, 11) is 1.32. The summed E-state index contributed by atoms with van der Waals surface area (Å²) in [6.45, 7) is 0.625. The highest BCUT2D eigenvalue weighted by atomic mass is 16.5. The van der Waals surface area contributed by atoms with Crippen molar-refractivity contribution in [1.29, 1.82) is 0 Å². The molecule has 1 aromatic rings. The molecule has 1 heterocycles. The van der Waals surface area contributed by atoms with Crippen LogP contribution < -0.4 is 5.32 Å². The molecule has 1 saturated carbocycles. The third-order valence-electron chi connectivity index (χ3n) is 3.38. The molecular formula is C12H17NO4. The summed E-state index contributed by atoms with van der Waals surface area (Å²) in [5, 5.41) is 12.6. The molecule has 0 unspecified atom stereocenters. The van der Waals surface area contributed by atoms with Crippen LogP contribution in [0.15, 0.2) is 16.7 Å². The van der Waals surface area contributed by atoms with Crippen molar-refractivity contribution in [1.82, 2.24) is 5.32 Å². The van der Waals surface area contributed by atoms with Gasteiger partial charge >= 0.3 is 5.97 Å². The minimum absolute atomic E-state index is 0.123. The highest BCUT2D eigenvalue weighted by Crippen LogP contribution is 2.31. The first-order valence-corrected chi connectivity index (χ1v) is 5.71. The van der Waals surface area contributed by atoms with Gasteiger partial charge in [-0.1, -0.05) is 0 Å². The molecule has 1 fully saturated rings. The largest absolute Gasteiger partial charge is 0.463 e. The second kappa shape index (κ2) is 4.89. The summed E-state index contributed by atoms with van der Waals surface area (Å²) in [6, 6.07) is 1.74. The summed E-state index contributed by atoms with van der Waals surface area (Å²) >= 11 is 0. The van der Waals surface area contributed by atoms with Crippen LogP contribution in [0, 0.1) is 0 Å². The first-order chi connectivity index (χ1) is 8.21. The lowest BCUT2D eigenvalue weighted by atomic mass is 9.77. The zero-order chi connectivity index (χ0) is 12.3. The Morgan fingerprint density at radius 3 is 2.94 bits per heavy atom. The monoisotopic (exact) mass is 239 g/mol. The maximum absolute atomic E-state index is 11.4. The van der Waals surface area contributed by atoms with Gasteiger partial charge in [0.15, 0.2) is 0 Å². The number of rotatable bonds is 5. The number of furan rings is 1. The Hall–Kier alpha value is -1.33. The zero-order valence-corrected chi connectivity index (χ0v) is 9.86. The van der Waals surface area contributed by atoms with Crippen LogP contribution in [-0.2, 0) is 11.3 Å². The number of hydrogen-bond acceptors (Lipinski definition) is 5. The van der Waals surface area contributed by atoms with E-state index in [0.717, 1.165) is 24.8 Å². The molecule has 5 nitrogen and oxygen atoms in total. The summed E-state index contributed by atoms with van der Waals surface area (Å²) in [4.78, 5) is 11.4. The van der Waals surface area contributed by atoms with Crippen LogP contribution in [0.25, 0.3) is 0 Å². The number of carbonyl (C=O) groups excluding carboxylic acids is 1. The number of nitrogens with one attached hydrogen (secondary N) is 1. The normalized spacial score (nSPS) is 17.5. The van der Waals surface area contributed by atoms with E-state index in [-0.39, 0.29) is 17.9 Å². The second-order valence-corrected chi connectivity index (χ2v) is 4.41. The Kier molecular flexibility index (Phi) is 3.49. The average Bonchev–Trinajstić information content (AvgIpc) is 2.75. The second-order valence-electron chi connectivity index (χ2n) is 4.41. The summed E-state index contributed by atoms with van der Waals surface area (Å²) < 4.78 is 9.71. The molecule has 5 heteroatoms. The Labute approximate surface area is 99.8 Å². The van der Waals surface area contributed by atoms with E-state index in [9.17, 15) is 9.90 Å². The van der Waals surface area contributed by atoms with Crippen LogP contribution >= 0.6 is 0 Å². The minimum atomic E-state index is -0.474. The predicted molar refractivity (Wildman–Crippen MR) is 60.6 cm³/mol. The molecule has 2 N–H and O–H groups in total. The highest BCUT2D eigenvalue weighted by Gasteiger charge is 2.35. The van der Waals surface area contributed by atoms with E-state index in [0.29, 0.717) is 6.54 Å². The Morgan fingerprint density at radius 1 is 1.65 bits per heavy atom. The lowest BCUT2D eigenvalue weighted by molar-refractivity contribution is 0.0560. The van der Waals surface area contributed by atoms with Crippen LogP contribution in [0.3, 0.4) is 0 Å². The van der Waals surface area contributed by atoms with E-state index >= 15 is 0 Å². The van der Waals surface area contributed by atoms with E-state index in [4.69, 9.17) is 4.42 Å². The van der Waals surface area contributed by atoms with Crippen LogP contribution in [0.2, 0.25) is 0 Å². The van der Waals surface area contributed by atoms with Gasteiger partial charge in [0.2, 0.25) is 5.76 Å². The predicted octanol–water partition coefficient (Wildman–Crippen LogP) is 1.07. The molecule has 0 saturated heterocycles. The van der Waals surface area contributed by atoms with Gasteiger partial charge in [-0.2, -0.15) is 0 Å². The summed E-state index contributed by atoms with van der Waals surface area (Å²) in [6.07, 6.45) is 4.53. The van der Waals surface area contributed by atoms with Gasteiger partial charge in [-0.15, -0.1) is 0 Å². The van der Waals surface area contributed by atoms with Crippen molar-refractivity contribution in [2.24, 2.45) is 0 Å². The lowest BCUT2D eigenvalue weighted by Gasteiger charge is -2.41. The molecule has 0 aliphatic heterocycles. The van der Waals surface area contributed by atoms with E-state index < -0.39 is 5.97 Å². The van der Waals surface area contributed by atoms with Crippen molar-refractivity contribution in [3.63, 3.8) is 0 Å². The van der Waals surface area contributed by atoms with Crippen LogP contribution in [0.5, 0.6) is 0 Å². The first-order valence-electron chi connectivity index (χ1n) is 5.71. The highest BCUT2D eigenvalue weighted by molar-refractivity contribution is 5.87. The Bertz CT molecular complexity index is 389. The fraction of sp³-hybridized carbons (Fsp3) is 0.583. The van der Waals surface area contributed by atoms with Gasteiger partial charge in [0.05, 0.1) is 20.0 Å². The standard InChI is InChI=1S/C12H17NO4/c1-16-11(15)10-9(3-6-17-10)7-13-12(8-14)4-2-5-12/h3,6,13-14H,2,4-5,7-8H2,1H3. The quantitative estimate of drug-likeness (QED) is 0.752. The van der Waals surface area contributed by atoms with Crippen molar-refractivity contribution >= 4 is 5.97 Å². The zero-order valence-electron chi connectivity index (χ0n) is 9.86. The number of hydrogen-bond donors (Lipinski definition) is 2. The Morgan fingerprint density at radius 2 is 2.41 bits per heavy atom. The van der Waals surface area contributed by atoms with Crippen molar-refractivity contribution < 1.29 is 19.1 Å². The van der Waals surface area contributed by atoms with E-state index in [2.05, 4.69) is 10.1 Å². The van der Waals surface area contributed by atoms with E-state index in [1.54, 1.807) is 6.07 Å². The number of carbonyl (C=O) groups is 1. The lowest BCUT2D eigenvalue weighted by Crippen LogP contribution is -2.53. The minimum Gasteiger partial charge on any atom is -0.463 e. The van der Waals surface area contributed by atoms with Gasteiger partial charge in [-0.25, -0.2) is 4.79 Å². The van der Waals surface area contributed by atoms with E-state index in [1.165, 1.54) is 13.4 Å². The smallest absolute Gasteiger partial charge is 0.374 e. The van der Waals surface area contributed by atoms with Crippen molar-refractivity contribution in [2.75, 3.05) is 13.7 Å². The summed E-state index contributed by atoms with van der Waals surface area (Å²) in [5.74, 6) is -0.245. The molecule has 1 aliphatic rings. The first kappa shape index (κ1) is 12.1. The van der Waals surface area contributed by atoms with Crippen LogP contribution in [0.1, 0.15) is 35.4 Å². The Balaban J connectivity index is 1.99. The summed E-state index contributed by atoms with van der Waals surface area (Å²) in [5.41, 5.74) is 0.585. The molecule has 0 bridgehead atoms. The average molecular weight is 239 g/mol. The fourth-order valence-electron chi connectivity index (χ4n) is 2.02. The number of methoxy groups -OCH3 is 1. The van der Waals surface area contributed by atoms with Crippen molar-refractivity contribution in [2.45, 2.75) is 31.3 Å². The van der Waals surface area contributed by atoms with Gasteiger partial charge in [0, 0.05) is 17.6 Å². The van der Waals surface area contributed by atoms with Gasteiger partial charge in [0.25, 0.3) is 0 Å². The molecule has 0 spiro atoms. The topological polar surface area (TPSA) is 71.7 Å². The molecule has 17 heavy (non-hydrogen) atoms. The molecule has 1 aliphatic carbocycles. The number of aliphatic hydroxyl groups excluding tert-OH is 1. The van der Waals surface area contributed by atoms with Crippen LogP contribution in [0.4, 0.5) is 0 Å². The van der Waals surface area contributed by atoms with Gasteiger partial charge < -0.3 is 19.6 Å².